The fraction of sp³-hybridized carbons (Fsp3) is 0.233. The zero-order valence-corrected chi connectivity index (χ0v) is 20.9. The highest BCUT2D eigenvalue weighted by atomic mass is 32.2. The SMILES string of the molecule is O=S(=O)(c1ccc(F)cc1)N1CCC(C/C=C/Cc2nccc3ccccc23)(c2ccccc2)CC1. The molecular formula is C30H29FN2O2S. The van der Waals surface area contributed by atoms with Gasteiger partial charge in [0.25, 0.3) is 0 Å². The smallest absolute Gasteiger partial charge is 0.243 e. The summed E-state index contributed by atoms with van der Waals surface area (Å²) >= 11 is 0. The molecule has 1 aliphatic rings. The van der Waals surface area contributed by atoms with E-state index in [-0.39, 0.29) is 10.3 Å². The molecular weight excluding hydrogens is 471 g/mol. The van der Waals surface area contributed by atoms with Crippen molar-refractivity contribution in [3.05, 3.63) is 120 Å². The molecule has 5 rings (SSSR count). The number of fused-ring (bicyclic) bond motifs is 1. The first-order valence-corrected chi connectivity index (χ1v) is 13.7. The quantitative estimate of drug-likeness (QED) is 0.281. The third kappa shape index (κ3) is 4.97. The lowest BCUT2D eigenvalue weighted by molar-refractivity contribution is 0.233. The van der Waals surface area contributed by atoms with Crippen LogP contribution < -0.4 is 0 Å². The van der Waals surface area contributed by atoms with Gasteiger partial charge in [-0.05, 0) is 60.5 Å². The Hall–Kier alpha value is -3.35. The number of piperidine rings is 1. The minimum atomic E-state index is -3.65. The summed E-state index contributed by atoms with van der Waals surface area (Å²) in [6.07, 6.45) is 9.27. The van der Waals surface area contributed by atoms with E-state index in [0.717, 1.165) is 18.5 Å². The number of rotatable bonds is 7. The van der Waals surface area contributed by atoms with Crippen LogP contribution in [0.4, 0.5) is 4.39 Å². The minimum absolute atomic E-state index is 0.138. The number of allylic oxidation sites excluding steroid dienone is 2. The highest BCUT2D eigenvalue weighted by Crippen LogP contribution is 2.40. The van der Waals surface area contributed by atoms with Crippen LogP contribution in [0.5, 0.6) is 0 Å². The van der Waals surface area contributed by atoms with Crippen molar-refractivity contribution in [2.75, 3.05) is 13.1 Å². The maximum atomic E-state index is 13.3. The van der Waals surface area contributed by atoms with Crippen molar-refractivity contribution in [2.24, 2.45) is 0 Å². The maximum absolute atomic E-state index is 13.3. The molecule has 0 N–H and O–H groups in total. The number of benzene rings is 3. The van der Waals surface area contributed by atoms with E-state index >= 15 is 0 Å². The van der Waals surface area contributed by atoms with E-state index in [2.05, 4.69) is 41.4 Å². The highest BCUT2D eigenvalue weighted by Gasteiger charge is 2.39. The fourth-order valence-corrected chi connectivity index (χ4v) is 6.60. The number of hydrogen-bond donors (Lipinski definition) is 0. The van der Waals surface area contributed by atoms with Crippen LogP contribution in [0.1, 0.15) is 30.5 Å². The number of nitrogens with zero attached hydrogens (tertiary/aromatic N) is 2. The van der Waals surface area contributed by atoms with Gasteiger partial charge in [-0.3, -0.25) is 4.98 Å². The Morgan fingerprint density at radius 3 is 2.31 bits per heavy atom. The Bertz CT molecular complexity index is 1450. The predicted octanol–water partition coefficient (Wildman–Crippen LogP) is 6.29. The van der Waals surface area contributed by atoms with Gasteiger partial charge in [-0.15, -0.1) is 0 Å². The molecule has 1 fully saturated rings. The van der Waals surface area contributed by atoms with Crippen molar-refractivity contribution in [3.8, 4) is 0 Å². The summed E-state index contributed by atoms with van der Waals surface area (Å²) in [6.45, 7) is 0.848. The van der Waals surface area contributed by atoms with Crippen molar-refractivity contribution in [1.82, 2.24) is 9.29 Å². The molecule has 3 aromatic carbocycles. The minimum Gasteiger partial charge on any atom is -0.260 e. The second kappa shape index (κ2) is 10.3. The summed E-state index contributed by atoms with van der Waals surface area (Å²) in [4.78, 5) is 4.73. The Labute approximate surface area is 212 Å². The van der Waals surface area contributed by atoms with Gasteiger partial charge in [0.2, 0.25) is 10.0 Å². The average molecular weight is 501 g/mol. The molecule has 0 spiro atoms. The molecule has 4 aromatic rings. The lowest BCUT2D eigenvalue weighted by atomic mass is 9.71. The van der Waals surface area contributed by atoms with Crippen LogP contribution in [0.25, 0.3) is 10.8 Å². The highest BCUT2D eigenvalue weighted by molar-refractivity contribution is 7.89. The number of hydrogen-bond acceptors (Lipinski definition) is 3. The molecule has 0 atom stereocenters. The summed E-state index contributed by atoms with van der Waals surface area (Å²) in [5, 5.41) is 2.35. The molecule has 36 heavy (non-hydrogen) atoms. The van der Waals surface area contributed by atoms with Crippen molar-refractivity contribution in [1.29, 1.82) is 0 Å². The van der Waals surface area contributed by atoms with Gasteiger partial charge in [0.05, 0.1) is 10.6 Å². The van der Waals surface area contributed by atoms with Crippen LogP contribution in [0.15, 0.2) is 108 Å². The number of pyridine rings is 1. The summed E-state index contributed by atoms with van der Waals surface area (Å²) in [5.74, 6) is -0.443. The Balaban J connectivity index is 1.33. The Morgan fingerprint density at radius 1 is 0.861 bits per heavy atom. The Morgan fingerprint density at radius 2 is 1.56 bits per heavy atom. The van der Waals surface area contributed by atoms with Crippen molar-refractivity contribution in [3.63, 3.8) is 0 Å². The molecule has 1 aromatic heterocycles. The fourth-order valence-electron chi connectivity index (χ4n) is 5.16. The Kier molecular flexibility index (Phi) is 6.99. The molecule has 0 bridgehead atoms. The van der Waals surface area contributed by atoms with E-state index < -0.39 is 15.8 Å². The van der Waals surface area contributed by atoms with Crippen LogP contribution in [0.2, 0.25) is 0 Å². The zero-order valence-electron chi connectivity index (χ0n) is 20.1. The topological polar surface area (TPSA) is 50.3 Å². The molecule has 6 heteroatoms. The zero-order chi connectivity index (χ0) is 25.0. The summed E-state index contributed by atoms with van der Waals surface area (Å²) in [7, 11) is -3.65. The van der Waals surface area contributed by atoms with Gasteiger partial charge in [-0.2, -0.15) is 4.31 Å². The van der Waals surface area contributed by atoms with Crippen molar-refractivity contribution < 1.29 is 12.8 Å². The van der Waals surface area contributed by atoms with Gasteiger partial charge in [-0.1, -0.05) is 66.7 Å². The van der Waals surface area contributed by atoms with Crippen LogP contribution in [-0.4, -0.2) is 30.8 Å². The third-order valence-corrected chi connectivity index (χ3v) is 9.17. The lowest BCUT2D eigenvalue weighted by Gasteiger charge is -2.41. The van der Waals surface area contributed by atoms with E-state index in [4.69, 9.17) is 0 Å². The second-order valence-electron chi connectivity index (χ2n) is 9.36. The first kappa shape index (κ1) is 24.3. The van der Waals surface area contributed by atoms with Gasteiger partial charge in [0, 0.05) is 36.5 Å². The maximum Gasteiger partial charge on any atom is 0.243 e. The molecule has 0 radical (unpaired) electrons. The van der Waals surface area contributed by atoms with Crippen LogP contribution in [-0.2, 0) is 21.9 Å². The van der Waals surface area contributed by atoms with Crippen molar-refractivity contribution in [2.45, 2.75) is 36.0 Å². The van der Waals surface area contributed by atoms with Gasteiger partial charge < -0.3 is 0 Å². The molecule has 0 amide bonds. The van der Waals surface area contributed by atoms with Gasteiger partial charge in [0.1, 0.15) is 5.82 Å². The normalized spacial score (nSPS) is 16.5. The van der Waals surface area contributed by atoms with Gasteiger partial charge in [-0.25, -0.2) is 12.8 Å². The van der Waals surface area contributed by atoms with Crippen LogP contribution in [0.3, 0.4) is 0 Å². The first-order valence-electron chi connectivity index (χ1n) is 12.3. The van der Waals surface area contributed by atoms with E-state index in [9.17, 15) is 12.8 Å². The number of sulfonamides is 1. The number of aromatic nitrogens is 1. The van der Waals surface area contributed by atoms with Gasteiger partial charge in [0.15, 0.2) is 0 Å². The van der Waals surface area contributed by atoms with Crippen molar-refractivity contribution >= 4 is 20.8 Å². The molecule has 4 nitrogen and oxygen atoms in total. The molecule has 184 valence electrons. The molecule has 2 heterocycles. The first-order chi connectivity index (χ1) is 17.5. The van der Waals surface area contributed by atoms with Crippen LogP contribution >= 0.6 is 0 Å². The second-order valence-corrected chi connectivity index (χ2v) is 11.3. The average Bonchev–Trinajstić information content (AvgIpc) is 2.92. The molecule has 1 saturated heterocycles. The summed E-state index contributed by atoms with van der Waals surface area (Å²) in [5.41, 5.74) is 2.15. The monoisotopic (exact) mass is 500 g/mol. The molecule has 0 aliphatic carbocycles. The van der Waals surface area contributed by atoms with E-state index in [0.29, 0.717) is 25.9 Å². The van der Waals surface area contributed by atoms with E-state index in [1.54, 1.807) is 0 Å². The largest absolute Gasteiger partial charge is 0.260 e. The summed E-state index contributed by atoms with van der Waals surface area (Å²) in [6, 6.07) is 25.8. The standard InChI is InChI=1S/C30H29FN2O2S/c31-26-13-15-27(16-14-26)36(34,35)33-22-19-30(20-23-33,25-9-2-1-3-10-25)18-7-6-12-29-28-11-5-4-8-24(28)17-21-32-29/h1-11,13-17,21H,12,18-20,22-23H2/b7-6+. The number of halogens is 1. The summed E-state index contributed by atoms with van der Waals surface area (Å²) < 4.78 is 41.2. The molecule has 1 aliphatic heterocycles. The molecule has 0 saturated carbocycles. The predicted molar refractivity (Wildman–Crippen MR) is 142 cm³/mol. The van der Waals surface area contributed by atoms with Gasteiger partial charge >= 0.3 is 0 Å². The van der Waals surface area contributed by atoms with Crippen LogP contribution in [0, 0.1) is 5.82 Å². The van der Waals surface area contributed by atoms with E-state index in [1.165, 1.54) is 44.9 Å². The van der Waals surface area contributed by atoms with E-state index in [1.807, 2.05) is 42.6 Å². The lowest BCUT2D eigenvalue weighted by Crippen LogP contribution is -2.45. The third-order valence-electron chi connectivity index (χ3n) is 7.26. The molecule has 0 unspecified atom stereocenters.